The van der Waals surface area contributed by atoms with Crippen molar-refractivity contribution in [2.75, 3.05) is 0 Å². The Hall–Kier alpha value is -3.11. The Labute approximate surface area is 159 Å². The number of aromatic amines is 1. The Morgan fingerprint density at radius 2 is 1.76 bits per heavy atom. The monoisotopic (exact) mass is 413 g/mol. The van der Waals surface area contributed by atoms with E-state index in [1.54, 1.807) is 0 Å². The van der Waals surface area contributed by atoms with Gasteiger partial charge in [-0.15, -0.1) is 0 Å². The van der Waals surface area contributed by atoms with Gasteiger partial charge in [0, 0.05) is 5.39 Å². The molecule has 3 aromatic heterocycles. The summed E-state index contributed by atoms with van der Waals surface area (Å²) in [5.74, 6) is -1.34. The summed E-state index contributed by atoms with van der Waals surface area (Å²) in [6, 6.07) is 4.40. The quantitative estimate of drug-likeness (QED) is 0.465. The number of rotatable bonds is 3. The van der Waals surface area contributed by atoms with E-state index in [1.807, 2.05) is 6.92 Å². The Morgan fingerprint density at radius 1 is 1.00 bits per heavy atom. The van der Waals surface area contributed by atoms with Crippen LogP contribution in [0.15, 0.2) is 30.5 Å². The average molecular weight is 413 g/mol. The summed E-state index contributed by atoms with van der Waals surface area (Å²) in [7, 11) is 0. The van der Waals surface area contributed by atoms with E-state index in [4.69, 9.17) is 0 Å². The van der Waals surface area contributed by atoms with Gasteiger partial charge in [0.1, 0.15) is 11.2 Å². The van der Waals surface area contributed by atoms with Gasteiger partial charge < -0.3 is 0 Å². The molecule has 5 nitrogen and oxygen atoms in total. The van der Waals surface area contributed by atoms with E-state index in [0.717, 1.165) is 6.07 Å². The van der Waals surface area contributed by atoms with Gasteiger partial charge in [-0.1, -0.05) is 13.3 Å². The number of fused-ring (bicyclic) bond motifs is 2. The molecule has 0 amide bonds. The molecule has 0 unspecified atom stereocenters. The fraction of sp³-hybridized carbons (Fsp3) is 0.278. The van der Waals surface area contributed by atoms with Crippen LogP contribution in [0.4, 0.5) is 26.3 Å². The van der Waals surface area contributed by atoms with Crippen molar-refractivity contribution in [3.63, 3.8) is 0 Å². The number of benzene rings is 1. The van der Waals surface area contributed by atoms with Gasteiger partial charge in [0.05, 0.1) is 17.4 Å². The molecule has 4 rings (SSSR count). The lowest BCUT2D eigenvalue weighted by Crippen LogP contribution is -2.15. The molecule has 1 N–H and O–H groups in total. The minimum atomic E-state index is -4.89. The molecule has 4 aromatic rings. The van der Waals surface area contributed by atoms with E-state index in [9.17, 15) is 26.3 Å². The number of halogens is 6. The molecule has 29 heavy (non-hydrogen) atoms. The first kappa shape index (κ1) is 19.2. The molecule has 0 aliphatic heterocycles. The molecular weight excluding hydrogens is 400 g/mol. The molecule has 3 heterocycles. The molecule has 0 bridgehead atoms. The molecule has 0 saturated heterocycles. The fourth-order valence-electron chi connectivity index (χ4n) is 3.26. The maximum absolute atomic E-state index is 13.7. The first-order valence-electron chi connectivity index (χ1n) is 8.60. The zero-order valence-corrected chi connectivity index (χ0v) is 14.9. The third-order valence-electron chi connectivity index (χ3n) is 4.44. The summed E-state index contributed by atoms with van der Waals surface area (Å²) in [5, 5.41) is 7.24. The number of nitrogens with zero attached hydrogens (tertiary/aromatic N) is 4. The topological polar surface area (TPSA) is 59.4 Å². The molecule has 11 heteroatoms. The van der Waals surface area contributed by atoms with Crippen LogP contribution < -0.4 is 0 Å². The van der Waals surface area contributed by atoms with Crippen molar-refractivity contribution in [1.29, 1.82) is 0 Å². The van der Waals surface area contributed by atoms with E-state index in [2.05, 4.69) is 20.2 Å². The zero-order chi connectivity index (χ0) is 21.0. The summed E-state index contributed by atoms with van der Waals surface area (Å²) in [5.41, 5.74) is -0.717. The van der Waals surface area contributed by atoms with Crippen LogP contribution in [-0.2, 0) is 18.8 Å². The van der Waals surface area contributed by atoms with E-state index in [-0.39, 0.29) is 11.2 Å². The lowest BCUT2D eigenvalue weighted by Gasteiger charge is -2.13. The van der Waals surface area contributed by atoms with Crippen molar-refractivity contribution in [1.82, 2.24) is 24.7 Å². The van der Waals surface area contributed by atoms with Crippen molar-refractivity contribution in [3.05, 3.63) is 47.5 Å². The van der Waals surface area contributed by atoms with Crippen molar-refractivity contribution in [2.45, 2.75) is 32.1 Å². The van der Waals surface area contributed by atoms with Crippen LogP contribution in [0.25, 0.3) is 27.8 Å². The fourth-order valence-corrected chi connectivity index (χ4v) is 3.26. The highest BCUT2D eigenvalue weighted by Crippen LogP contribution is 2.36. The average Bonchev–Trinajstić information content (AvgIpc) is 3.24. The van der Waals surface area contributed by atoms with Crippen LogP contribution in [0, 0.1) is 0 Å². The number of aryl methyl sites for hydroxylation is 1. The van der Waals surface area contributed by atoms with Crippen molar-refractivity contribution in [2.24, 2.45) is 0 Å². The first-order valence-corrected chi connectivity index (χ1v) is 8.60. The summed E-state index contributed by atoms with van der Waals surface area (Å²) < 4.78 is 80.9. The number of aromatic nitrogens is 5. The second-order valence-electron chi connectivity index (χ2n) is 6.49. The highest BCUT2D eigenvalue weighted by molar-refractivity contribution is 5.85. The molecule has 0 aliphatic carbocycles. The van der Waals surface area contributed by atoms with Gasteiger partial charge >= 0.3 is 12.4 Å². The number of H-pyrrole nitrogens is 1. The molecule has 152 valence electrons. The van der Waals surface area contributed by atoms with Gasteiger partial charge in [-0.2, -0.15) is 31.4 Å². The zero-order valence-electron chi connectivity index (χ0n) is 14.9. The van der Waals surface area contributed by atoms with Gasteiger partial charge in [-0.25, -0.2) is 9.97 Å². The number of alkyl halides is 6. The molecule has 0 saturated carbocycles. The maximum Gasteiger partial charge on any atom is 0.450 e. The second kappa shape index (κ2) is 6.46. The number of nitrogens with one attached hydrogen (secondary N) is 1. The normalized spacial score (nSPS) is 12.9. The molecule has 0 radical (unpaired) electrons. The summed E-state index contributed by atoms with van der Waals surface area (Å²) in [6.07, 6.45) is -7.00. The van der Waals surface area contributed by atoms with Crippen LogP contribution >= 0.6 is 0 Å². The van der Waals surface area contributed by atoms with Crippen molar-refractivity contribution >= 4 is 22.1 Å². The third-order valence-corrected chi connectivity index (χ3v) is 4.44. The highest BCUT2D eigenvalue weighted by atomic mass is 19.4. The van der Waals surface area contributed by atoms with Gasteiger partial charge in [-0.05, 0) is 36.2 Å². The predicted octanol–water partition coefficient (Wildman–Crippen LogP) is 5.29. The standard InChI is InChI=1S/C18H13F6N5/c1-2-3-9-6-11(7-10-8-25-28-14(9)10)29-15-12(26-16(29)18(22,23)24)4-5-13(27-15)17(19,20)21/h4-8H,2-3H2,1H3,(H,25,28). The Kier molecular flexibility index (Phi) is 4.28. The lowest BCUT2D eigenvalue weighted by atomic mass is 10.1. The van der Waals surface area contributed by atoms with Crippen LogP contribution in [-0.4, -0.2) is 24.7 Å². The van der Waals surface area contributed by atoms with Crippen molar-refractivity contribution < 1.29 is 26.3 Å². The highest BCUT2D eigenvalue weighted by Gasteiger charge is 2.40. The minimum Gasteiger partial charge on any atom is -0.278 e. The van der Waals surface area contributed by atoms with Gasteiger partial charge in [0.25, 0.3) is 0 Å². The molecule has 0 fully saturated rings. The van der Waals surface area contributed by atoms with Crippen LogP contribution in [0.2, 0.25) is 0 Å². The van der Waals surface area contributed by atoms with Gasteiger partial charge in [0.2, 0.25) is 5.82 Å². The maximum atomic E-state index is 13.7. The number of imidazole rings is 1. The Balaban J connectivity index is 2.07. The largest absolute Gasteiger partial charge is 0.450 e. The molecule has 1 aromatic carbocycles. The molecule has 0 atom stereocenters. The lowest BCUT2D eigenvalue weighted by molar-refractivity contribution is -0.145. The predicted molar refractivity (Wildman–Crippen MR) is 92.5 cm³/mol. The van der Waals surface area contributed by atoms with E-state index in [0.29, 0.717) is 39.9 Å². The van der Waals surface area contributed by atoms with Crippen molar-refractivity contribution in [3.8, 4) is 5.69 Å². The molecule has 0 aliphatic rings. The summed E-state index contributed by atoms with van der Waals surface area (Å²) in [4.78, 5) is 6.96. The van der Waals surface area contributed by atoms with E-state index < -0.39 is 29.5 Å². The smallest absolute Gasteiger partial charge is 0.278 e. The minimum absolute atomic E-state index is 0.0176. The number of hydrogen-bond donors (Lipinski definition) is 1. The van der Waals surface area contributed by atoms with E-state index in [1.165, 1.54) is 18.3 Å². The van der Waals surface area contributed by atoms with Gasteiger partial charge in [-0.3, -0.25) is 9.67 Å². The SMILES string of the molecule is CCCc1cc(-n2c(C(F)(F)F)nc3ccc(C(F)(F)F)nc32)cc2cn[nH]c12. The van der Waals surface area contributed by atoms with Crippen LogP contribution in [0.1, 0.15) is 30.4 Å². The number of pyridine rings is 1. The molecule has 0 spiro atoms. The third kappa shape index (κ3) is 3.30. The first-order chi connectivity index (χ1) is 13.6. The molecular formula is C18H13F6N5. The van der Waals surface area contributed by atoms with Crippen LogP contribution in [0.5, 0.6) is 0 Å². The Morgan fingerprint density at radius 3 is 2.41 bits per heavy atom. The Bertz CT molecular complexity index is 1200. The number of hydrogen-bond acceptors (Lipinski definition) is 3. The second-order valence-corrected chi connectivity index (χ2v) is 6.49. The van der Waals surface area contributed by atoms with Crippen LogP contribution in [0.3, 0.4) is 0 Å². The summed E-state index contributed by atoms with van der Waals surface area (Å²) >= 11 is 0. The van der Waals surface area contributed by atoms with Gasteiger partial charge in [0.15, 0.2) is 5.65 Å². The van der Waals surface area contributed by atoms with E-state index >= 15 is 0 Å². The summed E-state index contributed by atoms with van der Waals surface area (Å²) in [6.45, 7) is 1.90.